The number of phenolic OH excluding ortho intramolecular Hbond substituents is 1. The first-order valence-corrected chi connectivity index (χ1v) is 6.66. The van der Waals surface area contributed by atoms with Crippen LogP contribution in [-0.2, 0) is 0 Å². The molecule has 0 radical (unpaired) electrons. The summed E-state index contributed by atoms with van der Waals surface area (Å²) in [7, 11) is 0. The van der Waals surface area contributed by atoms with Gasteiger partial charge in [-0.25, -0.2) is 0 Å². The molecule has 0 aliphatic carbocycles. The molecule has 0 saturated carbocycles. The number of aromatic hydroxyl groups is 1. The minimum absolute atomic E-state index is 0.169. The van der Waals surface area contributed by atoms with Crippen molar-refractivity contribution >= 4 is 34.0 Å². The fourth-order valence-corrected chi connectivity index (χ4v) is 2.33. The molecule has 1 aromatic heterocycles. The van der Waals surface area contributed by atoms with E-state index in [2.05, 4.69) is 10.3 Å². The van der Waals surface area contributed by atoms with Gasteiger partial charge in [0.1, 0.15) is 5.75 Å². The predicted octanol–water partition coefficient (Wildman–Crippen LogP) is 3.85. The van der Waals surface area contributed by atoms with Gasteiger partial charge < -0.3 is 10.4 Å². The molecule has 4 nitrogen and oxygen atoms in total. The Bertz CT molecular complexity index is 833. The van der Waals surface area contributed by atoms with Crippen molar-refractivity contribution < 1.29 is 9.90 Å². The Morgan fingerprint density at radius 3 is 2.67 bits per heavy atom. The van der Waals surface area contributed by atoms with Gasteiger partial charge in [-0.1, -0.05) is 35.9 Å². The monoisotopic (exact) mass is 298 g/mol. The average molecular weight is 299 g/mol. The second-order valence-corrected chi connectivity index (χ2v) is 4.89. The summed E-state index contributed by atoms with van der Waals surface area (Å²) in [5, 5.41) is 14.4. The van der Waals surface area contributed by atoms with E-state index in [9.17, 15) is 9.90 Å². The highest BCUT2D eigenvalue weighted by atomic mass is 35.5. The van der Waals surface area contributed by atoms with Gasteiger partial charge in [-0.3, -0.25) is 9.78 Å². The molecule has 21 heavy (non-hydrogen) atoms. The lowest BCUT2D eigenvalue weighted by atomic mass is 10.1. The van der Waals surface area contributed by atoms with Crippen molar-refractivity contribution in [3.05, 3.63) is 65.4 Å². The van der Waals surface area contributed by atoms with E-state index in [-0.39, 0.29) is 11.7 Å². The third kappa shape index (κ3) is 2.53. The quantitative estimate of drug-likeness (QED) is 0.755. The molecular weight excluding hydrogens is 288 g/mol. The van der Waals surface area contributed by atoms with Crippen LogP contribution >= 0.6 is 11.6 Å². The zero-order valence-corrected chi connectivity index (χ0v) is 11.6. The summed E-state index contributed by atoms with van der Waals surface area (Å²) in [5.41, 5.74) is 0.907. The van der Waals surface area contributed by atoms with Crippen molar-refractivity contribution in [1.82, 2.24) is 4.98 Å². The molecule has 0 aliphatic heterocycles. The van der Waals surface area contributed by atoms with Gasteiger partial charge in [0, 0.05) is 28.9 Å². The first kappa shape index (κ1) is 13.4. The van der Waals surface area contributed by atoms with E-state index in [1.807, 2.05) is 6.07 Å². The molecule has 0 bridgehead atoms. The second kappa shape index (κ2) is 5.42. The molecule has 1 heterocycles. The van der Waals surface area contributed by atoms with Gasteiger partial charge in [-0.15, -0.1) is 0 Å². The van der Waals surface area contributed by atoms with Crippen molar-refractivity contribution in [3.63, 3.8) is 0 Å². The minimum atomic E-state index is -0.344. The van der Waals surface area contributed by atoms with Crippen LogP contribution in [0.1, 0.15) is 10.4 Å². The predicted molar refractivity (Wildman–Crippen MR) is 82.8 cm³/mol. The lowest BCUT2D eigenvalue weighted by molar-refractivity contribution is 0.102. The lowest BCUT2D eigenvalue weighted by Crippen LogP contribution is -2.13. The highest BCUT2D eigenvalue weighted by molar-refractivity contribution is 6.34. The van der Waals surface area contributed by atoms with Gasteiger partial charge >= 0.3 is 0 Å². The molecule has 0 unspecified atom stereocenters. The van der Waals surface area contributed by atoms with Crippen molar-refractivity contribution in [2.75, 3.05) is 5.32 Å². The molecule has 0 atom stereocenters. The first-order chi connectivity index (χ1) is 10.2. The van der Waals surface area contributed by atoms with Crippen LogP contribution < -0.4 is 5.32 Å². The summed E-state index contributed by atoms with van der Waals surface area (Å²) in [5.74, 6) is -0.174. The number of aromatic nitrogens is 1. The first-order valence-electron chi connectivity index (χ1n) is 6.28. The number of carbonyl (C=O) groups excluding carboxylic acids is 1. The largest absolute Gasteiger partial charge is 0.507 e. The normalized spacial score (nSPS) is 10.5. The zero-order valence-electron chi connectivity index (χ0n) is 10.9. The van der Waals surface area contributed by atoms with Crippen LogP contribution in [0.15, 0.2) is 54.9 Å². The Hall–Kier alpha value is -2.59. The summed E-state index contributed by atoms with van der Waals surface area (Å²) >= 11 is 5.99. The molecule has 3 aromatic rings. The van der Waals surface area contributed by atoms with Gasteiger partial charge in [-0.2, -0.15) is 0 Å². The van der Waals surface area contributed by atoms with Crippen LogP contribution in [0.4, 0.5) is 5.69 Å². The molecule has 2 N–H and O–H groups in total. The zero-order chi connectivity index (χ0) is 14.8. The Morgan fingerprint density at radius 1 is 1.10 bits per heavy atom. The second-order valence-electron chi connectivity index (χ2n) is 4.49. The third-order valence-corrected chi connectivity index (χ3v) is 3.49. The van der Waals surface area contributed by atoms with E-state index < -0.39 is 0 Å². The fraction of sp³-hybridized carbons (Fsp3) is 0. The number of halogens is 1. The van der Waals surface area contributed by atoms with E-state index in [1.54, 1.807) is 36.4 Å². The fourth-order valence-electron chi connectivity index (χ4n) is 2.14. The number of fused-ring (bicyclic) bond motifs is 1. The molecule has 0 fully saturated rings. The molecule has 1 amide bonds. The van der Waals surface area contributed by atoms with Crippen LogP contribution in [0.2, 0.25) is 5.02 Å². The molecule has 0 saturated heterocycles. The molecule has 2 aromatic carbocycles. The number of carbonyl (C=O) groups is 1. The molecule has 104 valence electrons. The minimum Gasteiger partial charge on any atom is -0.507 e. The topological polar surface area (TPSA) is 62.2 Å². The van der Waals surface area contributed by atoms with E-state index in [0.717, 1.165) is 5.39 Å². The molecule has 3 rings (SSSR count). The number of hydrogen-bond donors (Lipinski definition) is 2. The number of phenols is 1. The lowest BCUT2D eigenvalue weighted by Gasteiger charge is -2.10. The number of rotatable bonds is 2. The summed E-state index contributed by atoms with van der Waals surface area (Å²) in [4.78, 5) is 16.2. The van der Waals surface area contributed by atoms with Crippen LogP contribution in [-0.4, -0.2) is 16.0 Å². The summed E-state index contributed by atoms with van der Waals surface area (Å²) in [6.45, 7) is 0. The summed E-state index contributed by atoms with van der Waals surface area (Å²) in [6.07, 6.45) is 2.94. The van der Waals surface area contributed by atoms with Gasteiger partial charge in [-0.05, 0) is 18.2 Å². The van der Waals surface area contributed by atoms with Crippen molar-refractivity contribution in [3.8, 4) is 5.75 Å². The average Bonchev–Trinajstić information content (AvgIpc) is 2.49. The standard InChI is InChI=1S/C16H11ClN2O2/c17-13-7-8-18-9-12(13)16(21)19-14-5-1-4-11-10(14)3-2-6-15(11)20/h1-9,20H,(H,19,21). The van der Waals surface area contributed by atoms with Gasteiger partial charge in [0.2, 0.25) is 0 Å². The smallest absolute Gasteiger partial charge is 0.258 e. The van der Waals surface area contributed by atoms with Gasteiger partial charge in [0.15, 0.2) is 0 Å². The SMILES string of the molecule is O=C(Nc1cccc2c(O)cccc12)c1cnccc1Cl. The third-order valence-electron chi connectivity index (χ3n) is 3.16. The Labute approximate surface area is 126 Å². The van der Waals surface area contributed by atoms with E-state index in [1.165, 1.54) is 12.4 Å². The molecule has 0 aliphatic rings. The number of amides is 1. The maximum Gasteiger partial charge on any atom is 0.258 e. The maximum absolute atomic E-state index is 12.3. The number of pyridine rings is 1. The number of anilines is 1. The van der Waals surface area contributed by atoms with Crippen LogP contribution in [0.25, 0.3) is 10.8 Å². The number of benzene rings is 2. The summed E-state index contributed by atoms with van der Waals surface area (Å²) in [6, 6.07) is 12.0. The van der Waals surface area contributed by atoms with Crippen LogP contribution in [0, 0.1) is 0 Å². The van der Waals surface area contributed by atoms with Gasteiger partial charge in [0.05, 0.1) is 10.6 Å². The Balaban J connectivity index is 2.01. The Kier molecular flexibility index (Phi) is 3.46. The van der Waals surface area contributed by atoms with Gasteiger partial charge in [0.25, 0.3) is 5.91 Å². The molecular formula is C16H11ClN2O2. The van der Waals surface area contributed by atoms with E-state index in [4.69, 9.17) is 11.6 Å². The van der Waals surface area contributed by atoms with Crippen LogP contribution in [0.5, 0.6) is 5.75 Å². The van der Waals surface area contributed by atoms with E-state index >= 15 is 0 Å². The molecule has 0 spiro atoms. The van der Waals surface area contributed by atoms with Crippen molar-refractivity contribution in [2.24, 2.45) is 0 Å². The molecule has 5 heteroatoms. The number of nitrogens with one attached hydrogen (secondary N) is 1. The summed E-state index contributed by atoms with van der Waals surface area (Å²) < 4.78 is 0. The maximum atomic E-state index is 12.3. The Morgan fingerprint density at radius 2 is 1.86 bits per heavy atom. The highest BCUT2D eigenvalue weighted by Crippen LogP contribution is 2.30. The number of hydrogen-bond acceptors (Lipinski definition) is 3. The van der Waals surface area contributed by atoms with E-state index in [0.29, 0.717) is 21.7 Å². The number of nitrogens with zero attached hydrogens (tertiary/aromatic N) is 1. The highest BCUT2D eigenvalue weighted by Gasteiger charge is 2.12. The van der Waals surface area contributed by atoms with Crippen LogP contribution in [0.3, 0.4) is 0 Å². The van der Waals surface area contributed by atoms with Crippen molar-refractivity contribution in [1.29, 1.82) is 0 Å². The van der Waals surface area contributed by atoms with Crippen molar-refractivity contribution in [2.45, 2.75) is 0 Å².